The van der Waals surface area contributed by atoms with Gasteiger partial charge in [0.15, 0.2) is 6.61 Å². The van der Waals surface area contributed by atoms with Gasteiger partial charge in [0.25, 0.3) is 5.91 Å². The topological polar surface area (TPSA) is 109 Å². The van der Waals surface area contributed by atoms with Crippen molar-refractivity contribution in [3.05, 3.63) is 101 Å². The molecule has 4 aromatic rings. The van der Waals surface area contributed by atoms with Gasteiger partial charge < -0.3 is 15.0 Å². The number of halogens is 3. The molecule has 2 aliphatic heterocycles. The summed E-state index contributed by atoms with van der Waals surface area (Å²) in [7, 11) is 0. The number of amides is 3. The minimum Gasteiger partial charge on any atom is -0.484 e. The molecule has 0 radical (unpaired) electrons. The Morgan fingerprint density at radius 1 is 1.00 bits per heavy atom. The van der Waals surface area contributed by atoms with Crippen molar-refractivity contribution in [3.8, 4) is 5.75 Å². The summed E-state index contributed by atoms with van der Waals surface area (Å²) in [6.45, 7) is -0.284. The van der Waals surface area contributed by atoms with Gasteiger partial charge in [-0.3, -0.25) is 19.2 Å². The molecule has 0 bridgehead atoms. The molecule has 3 atom stereocenters. The minimum absolute atomic E-state index is 0.261. The number of thioether (sulfide) groups is 1. The van der Waals surface area contributed by atoms with Crippen LogP contribution in [-0.2, 0) is 14.4 Å². The summed E-state index contributed by atoms with van der Waals surface area (Å²) in [4.78, 5) is 56.8. The molecule has 3 unspecified atom stereocenters. The van der Waals surface area contributed by atoms with Crippen LogP contribution in [0.15, 0.2) is 81.0 Å². The van der Waals surface area contributed by atoms with Crippen molar-refractivity contribution >= 4 is 91.3 Å². The van der Waals surface area contributed by atoms with Crippen molar-refractivity contribution in [2.24, 2.45) is 5.92 Å². The lowest BCUT2D eigenvalue weighted by atomic mass is 9.83. The van der Waals surface area contributed by atoms with Crippen molar-refractivity contribution in [2.45, 2.75) is 16.2 Å². The third-order valence-electron chi connectivity index (χ3n) is 6.70. The van der Waals surface area contributed by atoms with E-state index >= 15 is 0 Å². The molecule has 0 saturated carbocycles. The normalized spacial score (nSPS) is 19.6. The Bertz CT molecular complexity index is 1760. The Labute approximate surface area is 260 Å². The van der Waals surface area contributed by atoms with Crippen LogP contribution in [0.1, 0.15) is 16.4 Å². The van der Waals surface area contributed by atoms with Crippen molar-refractivity contribution in [1.29, 1.82) is 0 Å². The van der Waals surface area contributed by atoms with E-state index in [1.54, 1.807) is 54.6 Å². The second-order valence-corrected chi connectivity index (χ2v) is 13.2. The van der Waals surface area contributed by atoms with Crippen LogP contribution in [0.4, 0.5) is 11.4 Å². The van der Waals surface area contributed by atoms with Crippen molar-refractivity contribution in [2.75, 3.05) is 16.8 Å². The molecule has 6 rings (SSSR count). The average molecular weight is 691 g/mol. The number of H-pyrrole nitrogens is 1. The Morgan fingerprint density at radius 2 is 1.78 bits per heavy atom. The van der Waals surface area contributed by atoms with Crippen LogP contribution in [-0.4, -0.2) is 34.6 Å². The number of rotatable bonds is 6. The zero-order chi connectivity index (χ0) is 28.8. The smallest absolute Gasteiger partial charge is 0.305 e. The van der Waals surface area contributed by atoms with Gasteiger partial charge in [-0.1, -0.05) is 74.4 Å². The molecule has 3 aromatic carbocycles. The third kappa shape index (κ3) is 5.44. The van der Waals surface area contributed by atoms with Gasteiger partial charge in [-0.05, 0) is 60.2 Å². The van der Waals surface area contributed by atoms with Crippen molar-refractivity contribution < 1.29 is 19.1 Å². The molecular formula is C28H18BrCl2N3O5S2. The van der Waals surface area contributed by atoms with Crippen LogP contribution < -0.4 is 19.8 Å². The molecule has 2 aliphatic rings. The molecule has 1 aromatic heterocycles. The van der Waals surface area contributed by atoms with Gasteiger partial charge in [0.05, 0.1) is 26.7 Å². The quantitative estimate of drug-likeness (QED) is 0.229. The monoisotopic (exact) mass is 689 g/mol. The molecule has 41 heavy (non-hydrogen) atoms. The van der Waals surface area contributed by atoms with E-state index in [-0.39, 0.29) is 23.3 Å². The maximum atomic E-state index is 13.8. The van der Waals surface area contributed by atoms with E-state index in [2.05, 4.69) is 26.2 Å². The Kier molecular flexibility index (Phi) is 7.73. The summed E-state index contributed by atoms with van der Waals surface area (Å²) in [5.74, 6) is -1.97. The van der Waals surface area contributed by atoms with Crippen LogP contribution >= 0.6 is 62.2 Å². The molecule has 2 N–H and O–H groups in total. The maximum absolute atomic E-state index is 13.8. The number of imide groups is 1. The number of thiazole rings is 1. The largest absolute Gasteiger partial charge is 0.484 e. The van der Waals surface area contributed by atoms with Crippen LogP contribution in [0.3, 0.4) is 0 Å². The van der Waals surface area contributed by atoms with Crippen molar-refractivity contribution in [1.82, 2.24) is 4.98 Å². The van der Waals surface area contributed by atoms with Gasteiger partial charge in [0.1, 0.15) is 11.0 Å². The Balaban J connectivity index is 1.27. The first-order chi connectivity index (χ1) is 19.7. The van der Waals surface area contributed by atoms with Gasteiger partial charge in [-0.15, -0.1) is 0 Å². The fourth-order valence-electron chi connectivity index (χ4n) is 4.94. The lowest BCUT2D eigenvalue weighted by molar-refractivity contribution is -0.122. The van der Waals surface area contributed by atoms with E-state index in [0.29, 0.717) is 42.6 Å². The minimum atomic E-state index is -0.733. The number of fused-ring (bicyclic) bond motifs is 2. The highest BCUT2D eigenvalue weighted by atomic mass is 79.9. The zero-order valence-electron chi connectivity index (χ0n) is 20.7. The van der Waals surface area contributed by atoms with Crippen molar-refractivity contribution in [3.63, 3.8) is 0 Å². The summed E-state index contributed by atoms with van der Waals surface area (Å²) < 4.78 is 6.60. The standard InChI is InChI=1S/C28H18BrCl2N3O5S2/c29-14-4-7-16(8-5-14)34-26(36)22-21(23-25(33-28(38)41-23)40-24(22)27(34)37)13-2-1-3-17(10-13)39-12-20(35)32-15-6-9-18(30)19(31)11-15/h1-11,21-22,24H,12H2,(H,32,35)(H,33,38). The lowest BCUT2D eigenvalue weighted by Gasteiger charge is -2.30. The highest BCUT2D eigenvalue weighted by Gasteiger charge is 2.56. The molecule has 13 heteroatoms. The van der Waals surface area contributed by atoms with E-state index in [4.69, 9.17) is 27.9 Å². The molecule has 1 fully saturated rings. The third-order valence-corrected chi connectivity index (χ3v) is 10.4. The first-order valence-electron chi connectivity index (χ1n) is 12.2. The molecule has 3 amide bonds. The van der Waals surface area contributed by atoms with Crippen LogP contribution in [0, 0.1) is 5.92 Å². The first-order valence-corrected chi connectivity index (χ1v) is 15.4. The number of hydrogen-bond donors (Lipinski definition) is 2. The number of carbonyl (C=O) groups is 3. The lowest BCUT2D eigenvalue weighted by Crippen LogP contribution is -2.32. The van der Waals surface area contributed by atoms with Gasteiger partial charge in [-0.25, -0.2) is 4.90 Å². The molecule has 1 saturated heterocycles. The second kappa shape index (κ2) is 11.3. The highest BCUT2D eigenvalue weighted by molar-refractivity contribution is 9.10. The van der Waals surface area contributed by atoms with Crippen LogP contribution in [0.25, 0.3) is 0 Å². The average Bonchev–Trinajstić information content (AvgIpc) is 3.44. The van der Waals surface area contributed by atoms with E-state index < -0.39 is 23.0 Å². The summed E-state index contributed by atoms with van der Waals surface area (Å²) in [5, 5.41) is 3.26. The predicted octanol–water partition coefficient (Wildman–Crippen LogP) is 6.32. The number of anilines is 2. The van der Waals surface area contributed by atoms with Gasteiger partial charge in [0, 0.05) is 21.0 Å². The predicted molar refractivity (Wildman–Crippen MR) is 164 cm³/mol. The zero-order valence-corrected chi connectivity index (χ0v) is 25.5. The number of nitrogens with zero attached hydrogens (tertiary/aromatic N) is 1. The fraction of sp³-hybridized carbons (Fsp3) is 0.143. The van der Waals surface area contributed by atoms with E-state index in [1.165, 1.54) is 22.7 Å². The number of nitrogens with one attached hydrogen (secondary N) is 2. The molecule has 8 nitrogen and oxygen atoms in total. The van der Waals surface area contributed by atoms with Crippen LogP contribution in [0.5, 0.6) is 5.75 Å². The number of carbonyl (C=O) groups excluding carboxylic acids is 3. The molecule has 0 aliphatic carbocycles. The number of ether oxygens (including phenoxy) is 1. The molecular weight excluding hydrogens is 673 g/mol. The SMILES string of the molecule is O=C(COc1cccc(C2c3sc(=O)[nH]c3SC3C(=O)N(c4ccc(Br)cc4)C(=O)C32)c1)Nc1ccc(Cl)c(Cl)c1. The number of hydrogen-bond acceptors (Lipinski definition) is 7. The van der Waals surface area contributed by atoms with E-state index in [1.807, 2.05) is 6.07 Å². The molecule has 0 spiro atoms. The van der Waals surface area contributed by atoms with Crippen LogP contribution in [0.2, 0.25) is 10.0 Å². The number of benzene rings is 3. The Hall–Kier alpha value is -3.09. The Morgan fingerprint density at radius 3 is 2.54 bits per heavy atom. The van der Waals surface area contributed by atoms with E-state index in [0.717, 1.165) is 15.8 Å². The summed E-state index contributed by atoms with van der Waals surface area (Å²) in [5.41, 5.74) is 1.65. The first kappa shape index (κ1) is 28.0. The van der Waals surface area contributed by atoms with Gasteiger partial charge >= 0.3 is 4.87 Å². The number of aromatic amines is 1. The second-order valence-electron chi connectivity index (χ2n) is 9.28. The molecule has 208 valence electrons. The summed E-state index contributed by atoms with van der Waals surface area (Å²) in [6, 6.07) is 18.7. The fourth-order valence-corrected chi connectivity index (χ4v) is 8.02. The van der Waals surface area contributed by atoms with Gasteiger partial charge in [0.2, 0.25) is 11.8 Å². The summed E-state index contributed by atoms with van der Waals surface area (Å²) >= 11 is 17.6. The van der Waals surface area contributed by atoms with E-state index in [9.17, 15) is 19.2 Å². The van der Waals surface area contributed by atoms with Gasteiger partial charge in [-0.2, -0.15) is 0 Å². The maximum Gasteiger partial charge on any atom is 0.305 e. The number of aromatic nitrogens is 1. The molecule has 3 heterocycles. The highest BCUT2D eigenvalue weighted by Crippen LogP contribution is 2.53. The summed E-state index contributed by atoms with van der Waals surface area (Å²) in [6.07, 6.45) is 0.